The second-order valence-electron chi connectivity index (χ2n) is 4.67. The van der Waals surface area contributed by atoms with Crippen LogP contribution in [0.25, 0.3) is 0 Å². The number of non-ortho nitro benzene ring substituents is 1. The molecule has 1 amide bonds. The summed E-state index contributed by atoms with van der Waals surface area (Å²) in [5, 5.41) is 17.0. The first kappa shape index (κ1) is 17.8. The minimum absolute atomic E-state index is 0.112. The van der Waals surface area contributed by atoms with Crippen molar-refractivity contribution in [3.63, 3.8) is 0 Å². The van der Waals surface area contributed by atoms with Crippen LogP contribution in [0.1, 0.15) is 0 Å². The first-order chi connectivity index (χ1) is 11.4. The smallest absolute Gasteiger partial charge is 0.271 e. The van der Waals surface area contributed by atoms with E-state index in [-0.39, 0.29) is 18.1 Å². The highest BCUT2D eigenvalue weighted by molar-refractivity contribution is 6.36. The third kappa shape index (κ3) is 4.50. The Balaban J connectivity index is 2.05. The maximum Gasteiger partial charge on any atom is 0.271 e. The molecule has 0 radical (unpaired) electrons. The van der Waals surface area contributed by atoms with Crippen LogP contribution < -0.4 is 15.4 Å². The molecule has 0 aliphatic carbocycles. The van der Waals surface area contributed by atoms with Crippen molar-refractivity contribution in [3.05, 3.63) is 56.6 Å². The number of nitro groups is 1. The summed E-state index contributed by atoms with van der Waals surface area (Å²) < 4.78 is 5.11. The number of ether oxygens (including phenoxy) is 1. The average Bonchev–Trinajstić information content (AvgIpc) is 2.55. The van der Waals surface area contributed by atoms with Crippen LogP contribution in [0.15, 0.2) is 36.4 Å². The van der Waals surface area contributed by atoms with Gasteiger partial charge in [0.05, 0.1) is 35.0 Å². The third-order valence-corrected chi connectivity index (χ3v) is 3.59. The van der Waals surface area contributed by atoms with Crippen molar-refractivity contribution in [3.8, 4) is 5.75 Å². The van der Waals surface area contributed by atoms with Gasteiger partial charge < -0.3 is 15.4 Å². The predicted octanol–water partition coefficient (Wildman–Crippen LogP) is 3.96. The van der Waals surface area contributed by atoms with Crippen molar-refractivity contribution >= 4 is 46.2 Å². The quantitative estimate of drug-likeness (QED) is 0.593. The number of benzene rings is 2. The van der Waals surface area contributed by atoms with Crippen LogP contribution in [0.5, 0.6) is 5.75 Å². The van der Waals surface area contributed by atoms with Crippen LogP contribution in [-0.4, -0.2) is 24.5 Å². The summed E-state index contributed by atoms with van der Waals surface area (Å²) in [6.07, 6.45) is 0. The molecule has 0 atom stereocenters. The van der Waals surface area contributed by atoms with Gasteiger partial charge in [0.25, 0.3) is 5.69 Å². The number of carbonyl (C=O) groups is 1. The number of hydrogen-bond donors (Lipinski definition) is 2. The molecule has 0 spiro atoms. The molecule has 0 unspecified atom stereocenters. The third-order valence-electron chi connectivity index (χ3n) is 3.04. The van der Waals surface area contributed by atoms with Crippen LogP contribution in [-0.2, 0) is 4.79 Å². The van der Waals surface area contributed by atoms with E-state index in [9.17, 15) is 14.9 Å². The molecule has 2 rings (SSSR count). The number of nitrogens with one attached hydrogen (secondary N) is 2. The summed E-state index contributed by atoms with van der Waals surface area (Å²) in [5.41, 5.74) is 0.641. The van der Waals surface area contributed by atoms with Gasteiger partial charge in [-0.15, -0.1) is 0 Å². The lowest BCUT2D eigenvalue weighted by molar-refractivity contribution is -0.384. The molecule has 0 saturated carbocycles. The lowest BCUT2D eigenvalue weighted by Crippen LogP contribution is -2.22. The zero-order valence-electron chi connectivity index (χ0n) is 12.5. The van der Waals surface area contributed by atoms with E-state index in [2.05, 4.69) is 10.6 Å². The molecule has 0 aromatic heterocycles. The van der Waals surface area contributed by atoms with Gasteiger partial charge in [0.15, 0.2) is 0 Å². The van der Waals surface area contributed by atoms with Gasteiger partial charge in [0.2, 0.25) is 5.91 Å². The van der Waals surface area contributed by atoms with Crippen LogP contribution in [0.3, 0.4) is 0 Å². The summed E-state index contributed by atoms with van der Waals surface area (Å²) in [5.74, 6) is 0.00528. The van der Waals surface area contributed by atoms with E-state index < -0.39 is 4.92 Å². The Bertz CT molecular complexity index is 783. The SMILES string of the molecule is COc1ccc([N+](=O)[O-])cc1NCC(=O)Nc1ccc(Cl)cc1Cl. The van der Waals surface area contributed by atoms with Crippen LogP contribution >= 0.6 is 23.2 Å². The van der Waals surface area contributed by atoms with Gasteiger partial charge in [0, 0.05) is 17.2 Å². The second-order valence-corrected chi connectivity index (χ2v) is 5.51. The molecule has 9 heteroatoms. The number of halogens is 2. The fourth-order valence-electron chi connectivity index (χ4n) is 1.91. The van der Waals surface area contributed by atoms with Gasteiger partial charge in [-0.25, -0.2) is 0 Å². The summed E-state index contributed by atoms with van der Waals surface area (Å²) in [7, 11) is 1.43. The van der Waals surface area contributed by atoms with E-state index in [1.165, 1.54) is 31.4 Å². The lowest BCUT2D eigenvalue weighted by Gasteiger charge is -2.12. The van der Waals surface area contributed by atoms with Crippen LogP contribution in [0.2, 0.25) is 10.0 Å². The number of nitrogens with zero attached hydrogens (tertiary/aromatic N) is 1. The van der Waals surface area contributed by atoms with E-state index in [1.54, 1.807) is 12.1 Å². The van der Waals surface area contributed by atoms with Crippen LogP contribution in [0.4, 0.5) is 17.1 Å². The molecule has 2 aromatic carbocycles. The molecule has 7 nitrogen and oxygen atoms in total. The number of nitro benzene ring substituents is 1. The van der Waals surface area contributed by atoms with Crippen molar-refractivity contribution in [2.75, 3.05) is 24.3 Å². The minimum Gasteiger partial charge on any atom is -0.495 e. The number of amides is 1. The molecule has 0 bridgehead atoms. The van der Waals surface area contributed by atoms with Crippen molar-refractivity contribution in [1.29, 1.82) is 0 Å². The van der Waals surface area contributed by atoms with Crippen molar-refractivity contribution < 1.29 is 14.5 Å². The summed E-state index contributed by atoms with van der Waals surface area (Å²) in [6, 6.07) is 8.75. The van der Waals surface area contributed by atoms with Gasteiger partial charge >= 0.3 is 0 Å². The standard InChI is InChI=1S/C15H13Cl2N3O4/c1-24-14-5-3-10(20(22)23)7-13(14)18-8-15(21)19-12-4-2-9(16)6-11(12)17/h2-7,18H,8H2,1H3,(H,19,21). The normalized spacial score (nSPS) is 10.1. The Morgan fingerprint density at radius 3 is 2.58 bits per heavy atom. The molecular formula is C15H13Cl2N3O4. The fourth-order valence-corrected chi connectivity index (χ4v) is 2.36. The molecule has 24 heavy (non-hydrogen) atoms. The van der Waals surface area contributed by atoms with Gasteiger partial charge in [-0.2, -0.15) is 0 Å². The lowest BCUT2D eigenvalue weighted by atomic mass is 10.2. The molecule has 0 fully saturated rings. The second kappa shape index (κ2) is 7.85. The van der Waals surface area contributed by atoms with E-state index in [0.29, 0.717) is 27.2 Å². The molecule has 2 N–H and O–H groups in total. The number of methoxy groups -OCH3 is 1. The van der Waals surface area contributed by atoms with Crippen molar-refractivity contribution in [2.24, 2.45) is 0 Å². The Hall–Kier alpha value is -2.51. The van der Waals surface area contributed by atoms with Gasteiger partial charge in [-0.05, 0) is 24.3 Å². The molecule has 0 aliphatic rings. The Kier molecular flexibility index (Phi) is 5.83. The van der Waals surface area contributed by atoms with E-state index in [4.69, 9.17) is 27.9 Å². The van der Waals surface area contributed by atoms with Crippen LogP contribution in [0, 0.1) is 10.1 Å². The number of anilines is 2. The number of hydrogen-bond acceptors (Lipinski definition) is 5. The molecule has 0 aliphatic heterocycles. The first-order valence-corrected chi connectivity index (χ1v) is 7.47. The maximum absolute atomic E-state index is 12.0. The minimum atomic E-state index is -0.530. The zero-order valence-corrected chi connectivity index (χ0v) is 14.0. The van der Waals surface area contributed by atoms with Crippen molar-refractivity contribution in [2.45, 2.75) is 0 Å². The number of rotatable bonds is 6. The zero-order chi connectivity index (χ0) is 17.7. The largest absolute Gasteiger partial charge is 0.495 e. The molecular weight excluding hydrogens is 357 g/mol. The Morgan fingerprint density at radius 2 is 1.96 bits per heavy atom. The monoisotopic (exact) mass is 369 g/mol. The van der Waals surface area contributed by atoms with Crippen molar-refractivity contribution in [1.82, 2.24) is 0 Å². The highest BCUT2D eigenvalue weighted by Crippen LogP contribution is 2.29. The molecule has 2 aromatic rings. The van der Waals surface area contributed by atoms with E-state index >= 15 is 0 Å². The number of carbonyl (C=O) groups excluding carboxylic acids is 1. The van der Waals surface area contributed by atoms with Gasteiger partial charge in [0.1, 0.15) is 5.75 Å². The summed E-state index contributed by atoms with van der Waals surface area (Å²) >= 11 is 11.8. The molecule has 126 valence electrons. The Labute approximate surface area is 147 Å². The highest BCUT2D eigenvalue weighted by Gasteiger charge is 2.13. The fraction of sp³-hybridized carbons (Fsp3) is 0.133. The average molecular weight is 370 g/mol. The van der Waals surface area contributed by atoms with Gasteiger partial charge in [-0.3, -0.25) is 14.9 Å². The molecule has 0 heterocycles. The highest BCUT2D eigenvalue weighted by atomic mass is 35.5. The predicted molar refractivity (Wildman–Crippen MR) is 93.2 cm³/mol. The molecule has 0 saturated heterocycles. The maximum atomic E-state index is 12.0. The van der Waals surface area contributed by atoms with Gasteiger partial charge in [-0.1, -0.05) is 23.2 Å². The first-order valence-electron chi connectivity index (χ1n) is 6.72. The summed E-state index contributed by atoms with van der Waals surface area (Å²) in [6.45, 7) is -0.128. The summed E-state index contributed by atoms with van der Waals surface area (Å²) in [4.78, 5) is 22.3. The van der Waals surface area contributed by atoms with E-state index in [0.717, 1.165) is 0 Å². The topological polar surface area (TPSA) is 93.5 Å². The van der Waals surface area contributed by atoms with E-state index in [1.807, 2.05) is 0 Å². The Morgan fingerprint density at radius 1 is 1.21 bits per heavy atom.